The van der Waals surface area contributed by atoms with Crippen molar-refractivity contribution in [2.75, 3.05) is 19.6 Å². The molecule has 1 unspecified atom stereocenters. The van der Waals surface area contributed by atoms with Gasteiger partial charge in [-0.3, -0.25) is 9.59 Å². The highest BCUT2D eigenvalue weighted by Crippen LogP contribution is 2.43. The van der Waals surface area contributed by atoms with Gasteiger partial charge in [-0.1, -0.05) is 54.4 Å². The molecule has 4 nitrogen and oxygen atoms in total. The number of aryl methyl sites for hydroxylation is 1. The molecule has 1 atom stereocenters. The Bertz CT molecular complexity index is 856. The first-order valence-corrected chi connectivity index (χ1v) is 10.8. The zero-order valence-corrected chi connectivity index (χ0v) is 17.2. The minimum absolute atomic E-state index is 0.0299. The monoisotopic (exact) mass is 390 g/mol. The summed E-state index contributed by atoms with van der Waals surface area (Å²) in [5.74, 6) is 0.00177. The molecule has 1 saturated heterocycles. The van der Waals surface area contributed by atoms with Crippen molar-refractivity contribution in [3.8, 4) is 0 Å². The number of nitrogens with zero attached hydrogens (tertiary/aromatic N) is 1. The summed E-state index contributed by atoms with van der Waals surface area (Å²) in [6.07, 6.45) is 5.19. The molecule has 2 aromatic carbocycles. The van der Waals surface area contributed by atoms with E-state index in [1.54, 1.807) is 0 Å². The molecule has 2 fully saturated rings. The van der Waals surface area contributed by atoms with Crippen LogP contribution in [-0.2, 0) is 10.2 Å². The summed E-state index contributed by atoms with van der Waals surface area (Å²) < 4.78 is 0. The highest BCUT2D eigenvalue weighted by molar-refractivity contribution is 5.94. The first kappa shape index (κ1) is 19.7. The van der Waals surface area contributed by atoms with Crippen molar-refractivity contribution >= 4 is 11.8 Å². The van der Waals surface area contributed by atoms with Gasteiger partial charge in [-0.05, 0) is 50.3 Å². The molecule has 0 aromatic heterocycles. The molecule has 152 valence electrons. The fraction of sp³-hybridized carbons (Fsp3) is 0.440. The Morgan fingerprint density at radius 3 is 2.41 bits per heavy atom. The van der Waals surface area contributed by atoms with E-state index in [-0.39, 0.29) is 23.1 Å². The van der Waals surface area contributed by atoms with Crippen LogP contribution in [0.5, 0.6) is 0 Å². The van der Waals surface area contributed by atoms with Crippen molar-refractivity contribution in [2.45, 2.75) is 44.4 Å². The second kappa shape index (κ2) is 8.40. The number of amides is 2. The largest absolute Gasteiger partial charge is 0.355 e. The molecule has 1 N–H and O–H groups in total. The lowest BCUT2D eigenvalue weighted by Gasteiger charge is -2.43. The zero-order chi connectivity index (χ0) is 20.3. The van der Waals surface area contributed by atoms with E-state index in [9.17, 15) is 9.59 Å². The smallest absolute Gasteiger partial charge is 0.253 e. The van der Waals surface area contributed by atoms with Crippen molar-refractivity contribution in [2.24, 2.45) is 5.92 Å². The first-order chi connectivity index (χ1) is 14.1. The molecule has 0 spiro atoms. The van der Waals surface area contributed by atoms with Crippen molar-refractivity contribution < 1.29 is 9.59 Å². The van der Waals surface area contributed by atoms with Gasteiger partial charge >= 0.3 is 0 Å². The van der Waals surface area contributed by atoms with E-state index in [1.807, 2.05) is 42.2 Å². The number of likely N-dealkylation sites (tertiary alicyclic amines) is 1. The molecule has 2 aliphatic rings. The maximum atomic E-state index is 12.9. The fourth-order valence-electron chi connectivity index (χ4n) is 4.62. The molecule has 4 heteroatoms. The van der Waals surface area contributed by atoms with Gasteiger partial charge in [0.1, 0.15) is 0 Å². The van der Waals surface area contributed by atoms with E-state index in [0.717, 1.165) is 37.8 Å². The van der Waals surface area contributed by atoms with Crippen LogP contribution < -0.4 is 5.32 Å². The summed E-state index contributed by atoms with van der Waals surface area (Å²) in [6, 6.07) is 18.2. The molecule has 1 aliphatic heterocycles. The summed E-state index contributed by atoms with van der Waals surface area (Å²) in [5, 5.41) is 3.22. The molecule has 2 aromatic rings. The molecule has 4 rings (SSSR count). The molecule has 1 saturated carbocycles. The second-order valence-corrected chi connectivity index (χ2v) is 8.67. The third-order valence-corrected chi connectivity index (χ3v) is 6.68. The Balaban J connectivity index is 1.36. The zero-order valence-electron chi connectivity index (χ0n) is 17.2. The fourth-order valence-corrected chi connectivity index (χ4v) is 4.62. The normalized spacial score (nSPS) is 20.6. The number of hydrogen-bond acceptors (Lipinski definition) is 2. The number of piperidine rings is 1. The number of carbonyl (C=O) groups excluding carboxylic acids is 2. The lowest BCUT2D eigenvalue weighted by molar-refractivity contribution is -0.126. The predicted octanol–water partition coefficient (Wildman–Crippen LogP) is 4.09. The number of hydrogen-bond donors (Lipinski definition) is 1. The predicted molar refractivity (Wildman–Crippen MR) is 115 cm³/mol. The standard InChI is InChI=1S/C25H30N2O2/c1-19-10-12-20(13-11-19)24(29)27-16-5-7-21(17-27)23(28)26-18-25(14-6-15-25)22-8-3-2-4-9-22/h2-4,8-13,21H,5-7,14-18H2,1H3,(H,26,28). The van der Waals surface area contributed by atoms with Crippen LogP contribution in [0.4, 0.5) is 0 Å². The Kier molecular flexibility index (Phi) is 5.70. The number of benzene rings is 2. The lowest BCUT2D eigenvalue weighted by atomic mass is 9.64. The van der Waals surface area contributed by atoms with E-state index in [2.05, 4.69) is 29.6 Å². The average Bonchev–Trinajstić information content (AvgIpc) is 2.74. The topological polar surface area (TPSA) is 49.4 Å². The first-order valence-electron chi connectivity index (χ1n) is 10.8. The van der Waals surface area contributed by atoms with Gasteiger partial charge in [-0.15, -0.1) is 0 Å². The third kappa shape index (κ3) is 4.21. The van der Waals surface area contributed by atoms with Crippen LogP contribution in [0, 0.1) is 12.8 Å². The average molecular weight is 391 g/mol. The number of nitrogens with one attached hydrogen (secondary N) is 1. The Morgan fingerprint density at radius 2 is 1.76 bits per heavy atom. The SMILES string of the molecule is Cc1ccc(C(=O)N2CCCC(C(=O)NCC3(c4ccccc4)CCC3)C2)cc1. The van der Waals surface area contributed by atoms with Crippen molar-refractivity contribution in [1.29, 1.82) is 0 Å². The van der Waals surface area contributed by atoms with Crippen molar-refractivity contribution in [3.05, 3.63) is 71.3 Å². The summed E-state index contributed by atoms with van der Waals surface area (Å²) in [5.41, 5.74) is 3.25. The van der Waals surface area contributed by atoms with E-state index in [0.29, 0.717) is 18.7 Å². The van der Waals surface area contributed by atoms with Crippen LogP contribution in [-0.4, -0.2) is 36.3 Å². The molecule has 29 heavy (non-hydrogen) atoms. The van der Waals surface area contributed by atoms with Gasteiger partial charge < -0.3 is 10.2 Å². The van der Waals surface area contributed by atoms with E-state index in [4.69, 9.17) is 0 Å². The quantitative estimate of drug-likeness (QED) is 0.836. The molecular weight excluding hydrogens is 360 g/mol. The van der Waals surface area contributed by atoms with Crippen LogP contribution in [0.3, 0.4) is 0 Å². The molecule has 0 radical (unpaired) electrons. The van der Waals surface area contributed by atoms with Crippen molar-refractivity contribution in [1.82, 2.24) is 10.2 Å². The minimum Gasteiger partial charge on any atom is -0.355 e. The van der Waals surface area contributed by atoms with Crippen LogP contribution in [0.15, 0.2) is 54.6 Å². The molecule has 2 amide bonds. The van der Waals surface area contributed by atoms with Gasteiger partial charge in [0.05, 0.1) is 5.92 Å². The van der Waals surface area contributed by atoms with Crippen LogP contribution in [0.1, 0.15) is 53.6 Å². The summed E-state index contributed by atoms with van der Waals surface area (Å²) >= 11 is 0. The lowest BCUT2D eigenvalue weighted by Crippen LogP contribution is -2.50. The van der Waals surface area contributed by atoms with Gasteiger partial charge in [0.15, 0.2) is 0 Å². The summed E-state index contributed by atoms with van der Waals surface area (Å²) in [7, 11) is 0. The Hall–Kier alpha value is -2.62. The third-order valence-electron chi connectivity index (χ3n) is 6.68. The highest BCUT2D eigenvalue weighted by atomic mass is 16.2. The van der Waals surface area contributed by atoms with Gasteiger partial charge in [0.25, 0.3) is 5.91 Å². The number of rotatable bonds is 5. The molecule has 0 bridgehead atoms. The van der Waals surface area contributed by atoms with Gasteiger partial charge in [-0.25, -0.2) is 0 Å². The number of carbonyl (C=O) groups is 2. The maximum Gasteiger partial charge on any atom is 0.253 e. The Morgan fingerprint density at radius 1 is 1.03 bits per heavy atom. The minimum atomic E-state index is -0.119. The van der Waals surface area contributed by atoms with Gasteiger partial charge in [0.2, 0.25) is 5.91 Å². The van der Waals surface area contributed by atoms with E-state index >= 15 is 0 Å². The molecule has 1 aliphatic carbocycles. The van der Waals surface area contributed by atoms with Crippen molar-refractivity contribution in [3.63, 3.8) is 0 Å². The second-order valence-electron chi connectivity index (χ2n) is 8.67. The molecule has 1 heterocycles. The summed E-state index contributed by atoms with van der Waals surface area (Å²) in [6.45, 7) is 3.94. The van der Waals surface area contributed by atoms with Crippen LogP contribution in [0.25, 0.3) is 0 Å². The summed E-state index contributed by atoms with van der Waals surface area (Å²) in [4.78, 5) is 27.6. The van der Waals surface area contributed by atoms with Crippen LogP contribution in [0.2, 0.25) is 0 Å². The van der Waals surface area contributed by atoms with E-state index in [1.165, 1.54) is 12.0 Å². The molecular formula is C25H30N2O2. The maximum absolute atomic E-state index is 12.9. The van der Waals surface area contributed by atoms with Gasteiger partial charge in [0, 0.05) is 30.6 Å². The highest BCUT2D eigenvalue weighted by Gasteiger charge is 2.39. The van der Waals surface area contributed by atoms with Crippen LogP contribution >= 0.6 is 0 Å². The van der Waals surface area contributed by atoms with E-state index < -0.39 is 0 Å². The van der Waals surface area contributed by atoms with Gasteiger partial charge in [-0.2, -0.15) is 0 Å². The Labute approximate surface area is 173 Å².